The maximum Gasteiger partial charge on any atom is 0.307 e. The molecule has 34 heavy (non-hydrogen) atoms. The van der Waals surface area contributed by atoms with E-state index >= 15 is 0 Å². The van der Waals surface area contributed by atoms with Crippen molar-refractivity contribution in [2.24, 2.45) is 0 Å². The molecule has 0 bridgehead atoms. The Hall–Kier alpha value is -4.05. The highest BCUT2D eigenvalue weighted by Crippen LogP contribution is 2.32. The third-order valence-electron chi connectivity index (χ3n) is 6.15. The molecular weight excluding hydrogens is 422 g/mol. The summed E-state index contributed by atoms with van der Waals surface area (Å²) in [7, 11) is 0. The average Bonchev–Trinajstić information content (AvgIpc) is 3.20. The Balaban J connectivity index is 1.19. The zero-order chi connectivity index (χ0) is 23.3. The standard InChI is InChI=1S/C30H27NO3/c1-22-10-2-3-11-23(22)26-14-6-9-17-29(26)33-20-21-34-30(32)18-19-31-27-15-7-4-12-24(27)25-13-5-8-16-28(25)31/h2-17H,18-21H2,1H3. The minimum Gasteiger partial charge on any atom is -0.489 e. The molecule has 0 unspecified atom stereocenters. The largest absolute Gasteiger partial charge is 0.489 e. The molecule has 0 saturated carbocycles. The minimum atomic E-state index is -0.224. The van der Waals surface area contributed by atoms with Gasteiger partial charge in [0.15, 0.2) is 0 Å². The number of carbonyl (C=O) groups is 1. The van der Waals surface area contributed by atoms with E-state index in [9.17, 15) is 4.79 Å². The molecule has 4 aromatic carbocycles. The molecule has 0 saturated heterocycles. The van der Waals surface area contributed by atoms with Crippen molar-refractivity contribution in [2.45, 2.75) is 19.9 Å². The molecule has 5 aromatic rings. The van der Waals surface area contributed by atoms with E-state index in [2.05, 4.69) is 54.0 Å². The van der Waals surface area contributed by atoms with E-state index in [1.807, 2.05) is 54.6 Å². The number of para-hydroxylation sites is 3. The number of rotatable bonds is 8. The predicted octanol–water partition coefficient (Wildman–Crippen LogP) is 6.78. The van der Waals surface area contributed by atoms with Gasteiger partial charge in [0.05, 0.1) is 6.42 Å². The van der Waals surface area contributed by atoms with Crippen LogP contribution >= 0.6 is 0 Å². The van der Waals surface area contributed by atoms with Crippen molar-refractivity contribution in [1.82, 2.24) is 4.57 Å². The molecule has 170 valence electrons. The lowest BCUT2D eigenvalue weighted by molar-refractivity contribution is -0.144. The second kappa shape index (κ2) is 9.84. The van der Waals surface area contributed by atoms with Crippen molar-refractivity contribution >= 4 is 27.8 Å². The van der Waals surface area contributed by atoms with Gasteiger partial charge < -0.3 is 14.0 Å². The Kier molecular flexibility index (Phi) is 6.30. The molecule has 0 radical (unpaired) electrons. The summed E-state index contributed by atoms with van der Waals surface area (Å²) in [5.41, 5.74) is 5.63. The van der Waals surface area contributed by atoms with Crippen molar-refractivity contribution in [2.75, 3.05) is 13.2 Å². The zero-order valence-electron chi connectivity index (χ0n) is 19.2. The highest BCUT2D eigenvalue weighted by molar-refractivity contribution is 6.08. The Morgan fingerprint density at radius 3 is 2.00 bits per heavy atom. The molecule has 0 aliphatic rings. The van der Waals surface area contributed by atoms with Crippen molar-refractivity contribution in [3.05, 3.63) is 103 Å². The first-order valence-electron chi connectivity index (χ1n) is 11.6. The summed E-state index contributed by atoms with van der Waals surface area (Å²) in [6.07, 6.45) is 0.308. The smallest absolute Gasteiger partial charge is 0.307 e. The summed E-state index contributed by atoms with van der Waals surface area (Å²) >= 11 is 0. The fourth-order valence-corrected chi connectivity index (χ4v) is 4.52. The molecule has 0 fully saturated rings. The third kappa shape index (κ3) is 4.40. The van der Waals surface area contributed by atoms with Gasteiger partial charge in [-0.3, -0.25) is 4.79 Å². The van der Waals surface area contributed by atoms with Crippen molar-refractivity contribution in [3.8, 4) is 16.9 Å². The van der Waals surface area contributed by atoms with Crippen LogP contribution < -0.4 is 4.74 Å². The first-order chi connectivity index (χ1) is 16.7. The van der Waals surface area contributed by atoms with E-state index in [0.29, 0.717) is 19.6 Å². The highest BCUT2D eigenvalue weighted by Gasteiger charge is 2.12. The monoisotopic (exact) mass is 449 g/mol. The first kappa shape index (κ1) is 21.8. The van der Waals surface area contributed by atoms with Crippen molar-refractivity contribution in [3.63, 3.8) is 0 Å². The average molecular weight is 450 g/mol. The molecule has 5 rings (SSSR count). The number of carbonyl (C=O) groups excluding carboxylic acids is 1. The van der Waals surface area contributed by atoms with Crippen LogP contribution in [0.15, 0.2) is 97.1 Å². The Morgan fingerprint density at radius 1 is 0.706 bits per heavy atom. The fraction of sp³-hybridized carbons (Fsp3) is 0.167. The fourth-order valence-electron chi connectivity index (χ4n) is 4.52. The second-order valence-corrected chi connectivity index (χ2v) is 8.32. The van der Waals surface area contributed by atoms with Gasteiger partial charge in [-0.2, -0.15) is 0 Å². The van der Waals surface area contributed by atoms with E-state index in [1.165, 1.54) is 16.3 Å². The molecule has 0 aliphatic carbocycles. The van der Waals surface area contributed by atoms with Gasteiger partial charge in [-0.05, 0) is 36.2 Å². The van der Waals surface area contributed by atoms with Crippen LogP contribution in [0.25, 0.3) is 32.9 Å². The van der Waals surface area contributed by atoms with Gasteiger partial charge in [0.25, 0.3) is 0 Å². The number of esters is 1. The summed E-state index contributed by atoms with van der Waals surface area (Å²) in [4.78, 5) is 12.5. The van der Waals surface area contributed by atoms with Crippen LogP contribution in [-0.4, -0.2) is 23.8 Å². The maximum atomic E-state index is 12.5. The van der Waals surface area contributed by atoms with Crippen molar-refractivity contribution in [1.29, 1.82) is 0 Å². The number of hydrogen-bond acceptors (Lipinski definition) is 3. The van der Waals surface area contributed by atoms with Crippen LogP contribution in [0, 0.1) is 6.92 Å². The number of fused-ring (bicyclic) bond motifs is 3. The molecule has 4 heteroatoms. The molecule has 1 aromatic heterocycles. The van der Waals surface area contributed by atoms with Gasteiger partial charge >= 0.3 is 5.97 Å². The normalized spacial score (nSPS) is 11.1. The number of nitrogens with zero attached hydrogens (tertiary/aromatic N) is 1. The van der Waals surface area contributed by atoms with E-state index in [-0.39, 0.29) is 12.6 Å². The van der Waals surface area contributed by atoms with Gasteiger partial charge in [-0.15, -0.1) is 0 Å². The van der Waals surface area contributed by atoms with E-state index in [1.54, 1.807) is 0 Å². The van der Waals surface area contributed by atoms with Crippen LogP contribution in [0.5, 0.6) is 5.75 Å². The summed E-state index contributed by atoms with van der Waals surface area (Å²) in [6.45, 7) is 3.19. The van der Waals surface area contributed by atoms with Crippen LogP contribution in [0.1, 0.15) is 12.0 Å². The Morgan fingerprint density at radius 2 is 1.29 bits per heavy atom. The molecule has 0 atom stereocenters. The maximum absolute atomic E-state index is 12.5. The van der Waals surface area contributed by atoms with Crippen LogP contribution in [-0.2, 0) is 16.1 Å². The molecule has 0 aliphatic heterocycles. The molecular formula is C30H27NO3. The molecule has 1 heterocycles. The van der Waals surface area contributed by atoms with Crippen LogP contribution in [0.4, 0.5) is 0 Å². The summed E-state index contributed by atoms with van der Waals surface area (Å²) in [5, 5.41) is 2.40. The van der Waals surface area contributed by atoms with Crippen molar-refractivity contribution < 1.29 is 14.3 Å². The molecule has 0 spiro atoms. The molecule has 4 nitrogen and oxygen atoms in total. The van der Waals surface area contributed by atoms with E-state index in [4.69, 9.17) is 9.47 Å². The Bertz CT molecular complexity index is 1400. The number of aromatic nitrogens is 1. The summed E-state index contributed by atoms with van der Waals surface area (Å²) < 4.78 is 13.7. The quantitative estimate of drug-likeness (QED) is 0.194. The lowest BCUT2D eigenvalue weighted by Gasteiger charge is -2.13. The minimum absolute atomic E-state index is 0.216. The first-order valence-corrected chi connectivity index (χ1v) is 11.6. The topological polar surface area (TPSA) is 40.5 Å². The van der Waals surface area contributed by atoms with Gasteiger partial charge in [-0.1, -0.05) is 78.9 Å². The van der Waals surface area contributed by atoms with Crippen LogP contribution in [0.3, 0.4) is 0 Å². The molecule has 0 N–H and O–H groups in total. The van der Waals surface area contributed by atoms with Gasteiger partial charge in [-0.25, -0.2) is 0 Å². The SMILES string of the molecule is Cc1ccccc1-c1ccccc1OCCOC(=O)CCn1c2ccccc2c2ccccc21. The van der Waals surface area contributed by atoms with E-state index in [0.717, 1.165) is 27.9 Å². The number of hydrogen-bond donors (Lipinski definition) is 0. The highest BCUT2D eigenvalue weighted by atomic mass is 16.6. The summed E-state index contributed by atoms with van der Waals surface area (Å²) in [5.74, 6) is 0.566. The third-order valence-corrected chi connectivity index (χ3v) is 6.15. The summed E-state index contributed by atoms with van der Waals surface area (Å²) in [6, 6.07) is 32.8. The zero-order valence-corrected chi connectivity index (χ0v) is 19.2. The second-order valence-electron chi connectivity index (χ2n) is 8.32. The lowest BCUT2D eigenvalue weighted by atomic mass is 10.00. The Labute approximate surface area is 199 Å². The van der Waals surface area contributed by atoms with Gasteiger partial charge in [0, 0.05) is 33.9 Å². The molecule has 0 amide bonds. The number of aryl methyl sites for hydroxylation is 2. The number of benzene rings is 4. The van der Waals surface area contributed by atoms with Gasteiger partial charge in [0.1, 0.15) is 19.0 Å². The van der Waals surface area contributed by atoms with E-state index < -0.39 is 0 Å². The number of ether oxygens (including phenoxy) is 2. The van der Waals surface area contributed by atoms with Gasteiger partial charge in [0.2, 0.25) is 0 Å². The lowest BCUT2D eigenvalue weighted by Crippen LogP contribution is -2.14. The van der Waals surface area contributed by atoms with Crippen LogP contribution in [0.2, 0.25) is 0 Å². The predicted molar refractivity (Wildman–Crippen MR) is 137 cm³/mol.